The van der Waals surface area contributed by atoms with Crippen molar-refractivity contribution in [1.82, 2.24) is 15.0 Å². The molecule has 2 rings (SSSR count). The van der Waals surface area contributed by atoms with Gasteiger partial charge in [0.1, 0.15) is 5.60 Å². The van der Waals surface area contributed by atoms with Crippen molar-refractivity contribution in [2.45, 2.75) is 45.3 Å². The number of ether oxygens (including phenoxy) is 1. The van der Waals surface area contributed by atoms with Gasteiger partial charge in [-0.1, -0.05) is 0 Å². The van der Waals surface area contributed by atoms with E-state index in [4.69, 9.17) is 27.9 Å². The number of halogens is 2. The van der Waals surface area contributed by atoms with Gasteiger partial charge in [-0.3, -0.25) is 0 Å². The van der Waals surface area contributed by atoms with Crippen LogP contribution in [0.4, 0.5) is 10.7 Å². The molecule has 1 fully saturated rings. The van der Waals surface area contributed by atoms with E-state index in [1.54, 1.807) is 20.8 Å². The van der Waals surface area contributed by atoms with Crippen LogP contribution in [0.15, 0.2) is 0 Å². The zero-order valence-electron chi connectivity index (χ0n) is 10.9. The third-order valence-corrected chi connectivity index (χ3v) is 2.62. The van der Waals surface area contributed by atoms with E-state index in [0.717, 1.165) is 12.8 Å². The van der Waals surface area contributed by atoms with Gasteiger partial charge in [-0.15, -0.1) is 0 Å². The Bertz CT molecular complexity index is 480. The number of carbonyl (C=O) groups excluding carboxylic acids is 1. The highest BCUT2D eigenvalue weighted by Crippen LogP contribution is 2.31. The number of amides is 1. The zero-order valence-corrected chi connectivity index (χ0v) is 12.4. The van der Waals surface area contributed by atoms with Gasteiger partial charge in [-0.2, -0.15) is 15.0 Å². The van der Waals surface area contributed by atoms with Crippen LogP contribution in [-0.2, 0) is 4.74 Å². The van der Waals surface area contributed by atoms with Crippen molar-refractivity contribution in [2.75, 3.05) is 4.90 Å². The molecule has 1 saturated carbocycles. The van der Waals surface area contributed by atoms with Crippen molar-refractivity contribution in [3.63, 3.8) is 0 Å². The number of hydrogen-bond acceptors (Lipinski definition) is 5. The maximum Gasteiger partial charge on any atom is 0.417 e. The number of aromatic nitrogens is 3. The molecule has 1 aromatic rings. The largest absolute Gasteiger partial charge is 0.443 e. The normalized spacial score (nSPS) is 15.2. The van der Waals surface area contributed by atoms with Gasteiger partial charge in [0.15, 0.2) is 0 Å². The summed E-state index contributed by atoms with van der Waals surface area (Å²) in [7, 11) is 0. The van der Waals surface area contributed by atoms with E-state index in [9.17, 15) is 4.79 Å². The molecule has 6 nitrogen and oxygen atoms in total. The Morgan fingerprint density at radius 1 is 1.21 bits per heavy atom. The van der Waals surface area contributed by atoms with Crippen LogP contribution < -0.4 is 4.90 Å². The van der Waals surface area contributed by atoms with E-state index < -0.39 is 11.7 Å². The van der Waals surface area contributed by atoms with E-state index in [1.807, 2.05) is 0 Å². The second-order valence-electron chi connectivity index (χ2n) is 5.25. The third-order valence-electron chi connectivity index (χ3n) is 2.29. The lowest BCUT2D eigenvalue weighted by Gasteiger charge is -2.25. The monoisotopic (exact) mass is 304 g/mol. The van der Waals surface area contributed by atoms with Crippen LogP contribution in [0.3, 0.4) is 0 Å². The van der Waals surface area contributed by atoms with Gasteiger partial charge in [-0.05, 0) is 56.8 Å². The number of hydrogen-bond donors (Lipinski definition) is 0. The average Bonchev–Trinajstić information content (AvgIpc) is 2.97. The van der Waals surface area contributed by atoms with E-state index in [-0.39, 0.29) is 22.6 Å². The minimum atomic E-state index is -0.592. The second kappa shape index (κ2) is 5.09. The van der Waals surface area contributed by atoms with Crippen LogP contribution in [0.25, 0.3) is 0 Å². The first-order valence-electron chi connectivity index (χ1n) is 5.85. The summed E-state index contributed by atoms with van der Waals surface area (Å²) in [6.07, 6.45) is 1.24. The van der Waals surface area contributed by atoms with E-state index in [0.29, 0.717) is 0 Å². The maximum absolute atomic E-state index is 12.2. The fraction of sp³-hybridized carbons (Fsp3) is 0.636. The molecule has 0 atom stereocenters. The fourth-order valence-corrected chi connectivity index (χ4v) is 1.82. The molecule has 1 heterocycles. The quantitative estimate of drug-likeness (QED) is 0.840. The van der Waals surface area contributed by atoms with Crippen LogP contribution in [0.5, 0.6) is 0 Å². The van der Waals surface area contributed by atoms with Gasteiger partial charge < -0.3 is 4.74 Å². The van der Waals surface area contributed by atoms with Crippen molar-refractivity contribution in [1.29, 1.82) is 0 Å². The molecule has 19 heavy (non-hydrogen) atoms. The lowest BCUT2D eigenvalue weighted by molar-refractivity contribution is 0.0575. The smallest absolute Gasteiger partial charge is 0.417 e. The second-order valence-corrected chi connectivity index (χ2v) is 5.93. The first kappa shape index (κ1) is 14.3. The summed E-state index contributed by atoms with van der Waals surface area (Å²) in [4.78, 5) is 25.1. The average molecular weight is 305 g/mol. The van der Waals surface area contributed by atoms with Gasteiger partial charge >= 0.3 is 6.09 Å². The molecule has 0 saturated heterocycles. The van der Waals surface area contributed by atoms with Gasteiger partial charge in [0.05, 0.1) is 0 Å². The molecular formula is C11H14Cl2N4O2. The Hall–Kier alpha value is -1.14. The molecule has 1 aliphatic carbocycles. The fourth-order valence-electron chi connectivity index (χ4n) is 1.46. The van der Waals surface area contributed by atoms with E-state index in [2.05, 4.69) is 15.0 Å². The molecule has 1 aromatic heterocycles. The molecule has 0 N–H and O–H groups in total. The highest BCUT2D eigenvalue weighted by atomic mass is 35.5. The lowest BCUT2D eigenvalue weighted by Crippen LogP contribution is -2.39. The van der Waals surface area contributed by atoms with Crippen molar-refractivity contribution in [3.05, 3.63) is 10.6 Å². The molecule has 0 radical (unpaired) electrons. The number of anilines is 1. The standard InChI is InChI=1S/C11H14Cl2N4O2/c1-11(2,3)19-10(18)17(6-4-5-6)9-15-7(12)14-8(13)16-9/h6H,4-5H2,1-3H3. The van der Waals surface area contributed by atoms with Crippen LogP contribution in [0.1, 0.15) is 33.6 Å². The van der Waals surface area contributed by atoms with E-state index in [1.165, 1.54) is 4.90 Å². The third kappa shape index (κ3) is 3.91. The summed E-state index contributed by atoms with van der Waals surface area (Å²) < 4.78 is 5.34. The Balaban J connectivity index is 2.27. The van der Waals surface area contributed by atoms with Gasteiger partial charge in [-0.25, -0.2) is 9.69 Å². The van der Waals surface area contributed by atoms with Crippen molar-refractivity contribution in [3.8, 4) is 0 Å². The minimum Gasteiger partial charge on any atom is -0.443 e. The summed E-state index contributed by atoms with van der Waals surface area (Å²) >= 11 is 11.5. The predicted octanol–water partition coefficient (Wildman–Crippen LogP) is 3.08. The number of rotatable bonds is 2. The lowest BCUT2D eigenvalue weighted by atomic mass is 10.2. The molecule has 0 spiro atoms. The topological polar surface area (TPSA) is 68.2 Å². The summed E-state index contributed by atoms with van der Waals surface area (Å²) in [5.41, 5.74) is -0.592. The Labute approximate surface area is 121 Å². The Morgan fingerprint density at radius 3 is 2.16 bits per heavy atom. The van der Waals surface area contributed by atoms with Crippen molar-refractivity contribution < 1.29 is 9.53 Å². The molecule has 104 valence electrons. The Morgan fingerprint density at radius 2 is 1.74 bits per heavy atom. The van der Waals surface area contributed by atoms with Crippen molar-refractivity contribution in [2.24, 2.45) is 0 Å². The molecule has 0 bridgehead atoms. The van der Waals surface area contributed by atoms with Crippen LogP contribution in [-0.4, -0.2) is 32.7 Å². The van der Waals surface area contributed by atoms with E-state index >= 15 is 0 Å². The molecule has 0 unspecified atom stereocenters. The first-order valence-corrected chi connectivity index (χ1v) is 6.61. The SMILES string of the molecule is CC(C)(C)OC(=O)N(c1nc(Cl)nc(Cl)n1)C1CC1. The highest BCUT2D eigenvalue weighted by Gasteiger charge is 2.38. The summed E-state index contributed by atoms with van der Waals surface area (Å²) in [6, 6.07) is 0.0318. The molecule has 0 aliphatic heterocycles. The molecule has 1 aliphatic rings. The molecular weight excluding hydrogens is 291 g/mol. The van der Waals surface area contributed by atoms with Crippen LogP contribution in [0.2, 0.25) is 10.6 Å². The maximum atomic E-state index is 12.2. The minimum absolute atomic E-state index is 0.0318. The molecule has 8 heteroatoms. The van der Waals surface area contributed by atoms with Crippen LogP contribution in [0, 0.1) is 0 Å². The predicted molar refractivity (Wildman–Crippen MR) is 71.6 cm³/mol. The highest BCUT2D eigenvalue weighted by molar-refractivity contribution is 6.31. The van der Waals surface area contributed by atoms with Gasteiger partial charge in [0.2, 0.25) is 16.5 Å². The number of nitrogens with zero attached hydrogens (tertiary/aromatic N) is 4. The summed E-state index contributed by atoms with van der Waals surface area (Å²) in [5, 5.41) is -0.103. The van der Waals surface area contributed by atoms with Gasteiger partial charge in [0, 0.05) is 6.04 Å². The summed E-state index contributed by atoms with van der Waals surface area (Å²) in [5.74, 6) is 0.127. The summed E-state index contributed by atoms with van der Waals surface area (Å²) in [6.45, 7) is 5.38. The number of carbonyl (C=O) groups is 1. The first-order chi connectivity index (χ1) is 8.76. The molecule has 1 amide bonds. The van der Waals surface area contributed by atoms with Gasteiger partial charge in [0.25, 0.3) is 0 Å². The zero-order chi connectivity index (χ0) is 14.2. The van der Waals surface area contributed by atoms with Crippen molar-refractivity contribution >= 4 is 35.2 Å². The van der Waals surface area contributed by atoms with Crippen LogP contribution >= 0.6 is 23.2 Å². The Kier molecular flexibility index (Phi) is 3.82. The molecule has 0 aromatic carbocycles.